The molecule has 78 valence electrons. The highest BCUT2D eigenvalue weighted by molar-refractivity contribution is 6.00. The number of aromatic nitrogens is 1. The standard InChI is InChI=1S/C11H13N3O/c1-2-13-11(15)9-6-7-4-3-5-8(12)10(7)14-9/h3-6,14H,2,12H2,1H3,(H,13,15). The fourth-order valence-electron chi connectivity index (χ4n) is 1.56. The molecule has 0 unspecified atom stereocenters. The second-order valence-corrected chi connectivity index (χ2v) is 3.35. The van der Waals surface area contributed by atoms with E-state index >= 15 is 0 Å². The Bertz CT molecular complexity index is 502. The fourth-order valence-corrected chi connectivity index (χ4v) is 1.56. The summed E-state index contributed by atoms with van der Waals surface area (Å²) < 4.78 is 0. The summed E-state index contributed by atoms with van der Waals surface area (Å²) in [5, 5.41) is 3.69. The van der Waals surface area contributed by atoms with Crippen molar-refractivity contribution in [2.75, 3.05) is 12.3 Å². The van der Waals surface area contributed by atoms with Gasteiger partial charge in [-0.2, -0.15) is 0 Å². The van der Waals surface area contributed by atoms with Crippen LogP contribution >= 0.6 is 0 Å². The lowest BCUT2D eigenvalue weighted by atomic mass is 10.2. The lowest BCUT2D eigenvalue weighted by molar-refractivity contribution is 0.0951. The normalized spacial score (nSPS) is 10.5. The van der Waals surface area contributed by atoms with Crippen LogP contribution in [0.5, 0.6) is 0 Å². The molecule has 4 heteroatoms. The minimum atomic E-state index is -0.104. The third-order valence-corrected chi connectivity index (χ3v) is 2.27. The molecule has 0 radical (unpaired) electrons. The minimum absolute atomic E-state index is 0.104. The highest BCUT2D eigenvalue weighted by Gasteiger charge is 2.08. The van der Waals surface area contributed by atoms with E-state index in [4.69, 9.17) is 5.73 Å². The zero-order valence-corrected chi connectivity index (χ0v) is 8.50. The first kappa shape index (κ1) is 9.58. The number of carbonyl (C=O) groups excluding carboxylic acids is 1. The maximum Gasteiger partial charge on any atom is 0.267 e. The third kappa shape index (κ3) is 1.66. The smallest absolute Gasteiger partial charge is 0.267 e. The summed E-state index contributed by atoms with van der Waals surface area (Å²) in [4.78, 5) is 14.6. The van der Waals surface area contributed by atoms with E-state index in [-0.39, 0.29) is 5.91 Å². The number of carbonyl (C=O) groups is 1. The van der Waals surface area contributed by atoms with E-state index in [1.807, 2.05) is 19.1 Å². The first-order chi connectivity index (χ1) is 7.22. The molecule has 2 aromatic rings. The van der Waals surface area contributed by atoms with Crippen molar-refractivity contribution in [3.63, 3.8) is 0 Å². The average Bonchev–Trinajstić information content (AvgIpc) is 2.63. The maximum atomic E-state index is 11.5. The SMILES string of the molecule is CCNC(=O)c1cc2cccc(N)c2[nH]1. The predicted octanol–water partition coefficient (Wildman–Crippen LogP) is 1.50. The molecule has 0 saturated heterocycles. The molecule has 2 rings (SSSR count). The first-order valence-electron chi connectivity index (χ1n) is 4.87. The fraction of sp³-hybridized carbons (Fsp3) is 0.182. The Kier molecular flexibility index (Phi) is 2.33. The maximum absolute atomic E-state index is 11.5. The molecule has 1 amide bonds. The first-order valence-corrected chi connectivity index (χ1v) is 4.87. The van der Waals surface area contributed by atoms with Gasteiger partial charge in [-0.15, -0.1) is 0 Å². The quantitative estimate of drug-likeness (QED) is 0.647. The molecule has 4 N–H and O–H groups in total. The number of anilines is 1. The summed E-state index contributed by atoms with van der Waals surface area (Å²) in [6.45, 7) is 2.50. The zero-order chi connectivity index (χ0) is 10.8. The molecule has 0 aliphatic carbocycles. The van der Waals surface area contributed by atoms with Crippen molar-refractivity contribution in [1.29, 1.82) is 0 Å². The summed E-state index contributed by atoms with van der Waals surface area (Å²) in [7, 11) is 0. The van der Waals surface area contributed by atoms with Crippen LogP contribution in [0.15, 0.2) is 24.3 Å². The number of aromatic amines is 1. The molecule has 1 aromatic heterocycles. The number of H-pyrrole nitrogens is 1. The van der Waals surface area contributed by atoms with Crippen LogP contribution in [0.3, 0.4) is 0 Å². The molecule has 1 aromatic carbocycles. The molecule has 1 heterocycles. The monoisotopic (exact) mass is 203 g/mol. The number of benzene rings is 1. The van der Waals surface area contributed by atoms with Gasteiger partial charge in [-0.1, -0.05) is 12.1 Å². The molecule has 4 nitrogen and oxygen atoms in total. The number of nitrogens with two attached hydrogens (primary N) is 1. The topological polar surface area (TPSA) is 70.9 Å². The van der Waals surface area contributed by atoms with E-state index in [2.05, 4.69) is 10.3 Å². The number of hydrogen-bond donors (Lipinski definition) is 3. The van der Waals surface area contributed by atoms with Crippen molar-refractivity contribution >= 4 is 22.5 Å². The summed E-state index contributed by atoms with van der Waals surface area (Å²) in [6.07, 6.45) is 0. The van der Waals surface area contributed by atoms with Gasteiger partial charge in [0.2, 0.25) is 0 Å². The van der Waals surface area contributed by atoms with Crippen LogP contribution in [0.1, 0.15) is 17.4 Å². The second kappa shape index (κ2) is 3.65. The number of nitrogen functional groups attached to an aromatic ring is 1. The van der Waals surface area contributed by atoms with Gasteiger partial charge in [-0.3, -0.25) is 4.79 Å². The van der Waals surface area contributed by atoms with Gasteiger partial charge in [0, 0.05) is 11.9 Å². The van der Waals surface area contributed by atoms with Crippen LogP contribution in [-0.4, -0.2) is 17.4 Å². The molecule has 0 aliphatic rings. The van der Waals surface area contributed by atoms with Gasteiger partial charge in [0.15, 0.2) is 0 Å². The summed E-state index contributed by atoms with van der Waals surface area (Å²) in [5.41, 5.74) is 7.80. The molecule has 0 atom stereocenters. The van der Waals surface area contributed by atoms with Crippen molar-refractivity contribution in [2.45, 2.75) is 6.92 Å². The van der Waals surface area contributed by atoms with E-state index in [1.54, 1.807) is 12.1 Å². The van der Waals surface area contributed by atoms with E-state index in [0.717, 1.165) is 10.9 Å². The second-order valence-electron chi connectivity index (χ2n) is 3.35. The molecule has 15 heavy (non-hydrogen) atoms. The lowest BCUT2D eigenvalue weighted by Gasteiger charge is -1.97. The van der Waals surface area contributed by atoms with Crippen LogP contribution in [0.25, 0.3) is 10.9 Å². The summed E-state index contributed by atoms with van der Waals surface area (Å²) >= 11 is 0. The predicted molar refractivity (Wildman–Crippen MR) is 60.7 cm³/mol. The Morgan fingerprint density at radius 1 is 1.53 bits per heavy atom. The van der Waals surface area contributed by atoms with E-state index < -0.39 is 0 Å². The number of nitrogens with one attached hydrogen (secondary N) is 2. The largest absolute Gasteiger partial charge is 0.397 e. The highest BCUT2D eigenvalue weighted by Crippen LogP contribution is 2.20. The molecule has 0 saturated carbocycles. The molecule has 0 bridgehead atoms. The van der Waals surface area contributed by atoms with Gasteiger partial charge in [-0.05, 0) is 19.1 Å². The van der Waals surface area contributed by atoms with Crippen LogP contribution in [0.4, 0.5) is 5.69 Å². The number of rotatable bonds is 2. The summed E-state index contributed by atoms with van der Waals surface area (Å²) in [6, 6.07) is 7.40. The van der Waals surface area contributed by atoms with E-state index in [9.17, 15) is 4.79 Å². The zero-order valence-electron chi connectivity index (χ0n) is 8.50. The van der Waals surface area contributed by atoms with E-state index in [1.165, 1.54) is 0 Å². The number of hydrogen-bond acceptors (Lipinski definition) is 2. The van der Waals surface area contributed by atoms with Crippen molar-refractivity contribution in [2.24, 2.45) is 0 Å². The average molecular weight is 203 g/mol. The van der Waals surface area contributed by atoms with Crippen molar-refractivity contribution in [1.82, 2.24) is 10.3 Å². The minimum Gasteiger partial charge on any atom is -0.397 e. The van der Waals surface area contributed by atoms with Crippen molar-refractivity contribution in [3.05, 3.63) is 30.0 Å². The van der Waals surface area contributed by atoms with Crippen LogP contribution in [0.2, 0.25) is 0 Å². The Morgan fingerprint density at radius 2 is 2.33 bits per heavy atom. The van der Waals surface area contributed by atoms with Gasteiger partial charge in [0.05, 0.1) is 11.2 Å². The highest BCUT2D eigenvalue weighted by atomic mass is 16.1. The lowest BCUT2D eigenvalue weighted by Crippen LogP contribution is -2.22. The Balaban J connectivity index is 2.47. The number of fused-ring (bicyclic) bond motifs is 1. The molecular weight excluding hydrogens is 190 g/mol. The van der Waals surface area contributed by atoms with Gasteiger partial charge in [0.1, 0.15) is 5.69 Å². The van der Waals surface area contributed by atoms with Crippen molar-refractivity contribution < 1.29 is 4.79 Å². The van der Waals surface area contributed by atoms with Gasteiger partial charge < -0.3 is 16.0 Å². The van der Waals surface area contributed by atoms with Crippen molar-refractivity contribution in [3.8, 4) is 0 Å². The number of para-hydroxylation sites is 1. The van der Waals surface area contributed by atoms with Gasteiger partial charge in [0.25, 0.3) is 5.91 Å². The Hall–Kier alpha value is -1.97. The molecule has 0 fully saturated rings. The Labute approximate surface area is 87.5 Å². The third-order valence-electron chi connectivity index (χ3n) is 2.27. The summed E-state index contributed by atoms with van der Waals surface area (Å²) in [5.74, 6) is -0.104. The van der Waals surface area contributed by atoms with Crippen LogP contribution in [0, 0.1) is 0 Å². The van der Waals surface area contributed by atoms with Gasteiger partial charge in [-0.25, -0.2) is 0 Å². The van der Waals surface area contributed by atoms with Gasteiger partial charge >= 0.3 is 0 Å². The van der Waals surface area contributed by atoms with Crippen LogP contribution < -0.4 is 11.1 Å². The number of amides is 1. The molecule has 0 spiro atoms. The molecule has 0 aliphatic heterocycles. The molecular formula is C11H13N3O. The van der Waals surface area contributed by atoms with Crippen LogP contribution in [-0.2, 0) is 0 Å². The Morgan fingerprint density at radius 3 is 3.00 bits per heavy atom. The van der Waals surface area contributed by atoms with E-state index in [0.29, 0.717) is 17.9 Å².